The summed E-state index contributed by atoms with van der Waals surface area (Å²) in [5.41, 5.74) is 3.48. The normalized spacial score (nSPS) is 11.0. The molecule has 0 N–H and O–H groups in total. The molecule has 4 aromatic rings. The Labute approximate surface area is 185 Å². The van der Waals surface area contributed by atoms with Crippen LogP contribution in [-0.2, 0) is 6.42 Å². The van der Waals surface area contributed by atoms with Crippen molar-refractivity contribution in [3.05, 3.63) is 65.0 Å². The molecular weight excluding hydrogens is 416 g/mol. The van der Waals surface area contributed by atoms with Crippen LogP contribution >= 0.6 is 22.9 Å². The molecule has 4 rings (SSSR count). The molecule has 0 spiro atoms. The van der Waals surface area contributed by atoms with E-state index in [9.17, 15) is 0 Å². The molecule has 5 nitrogen and oxygen atoms in total. The number of hydrogen-bond acceptors (Lipinski definition) is 6. The average Bonchev–Trinajstić information content (AvgIpc) is 3.19. The molecule has 1 aromatic carbocycles. The summed E-state index contributed by atoms with van der Waals surface area (Å²) in [5, 5.41) is 3.45. The molecule has 0 aliphatic rings. The summed E-state index contributed by atoms with van der Waals surface area (Å²) in [6, 6.07) is 12.3. The van der Waals surface area contributed by atoms with Gasteiger partial charge in [-0.15, -0.1) is 11.3 Å². The summed E-state index contributed by atoms with van der Waals surface area (Å²) < 4.78 is 5.58. The van der Waals surface area contributed by atoms with Crippen LogP contribution in [0.2, 0.25) is 5.28 Å². The number of pyridine rings is 1. The maximum atomic E-state index is 6.29. The number of anilines is 1. The molecule has 7 heteroatoms. The van der Waals surface area contributed by atoms with Gasteiger partial charge in [-0.2, -0.15) is 4.98 Å². The Morgan fingerprint density at radius 1 is 1.03 bits per heavy atom. The number of aromatic nitrogens is 3. The van der Waals surface area contributed by atoms with Gasteiger partial charge in [0.25, 0.3) is 0 Å². The Kier molecular flexibility index (Phi) is 6.45. The van der Waals surface area contributed by atoms with E-state index < -0.39 is 0 Å². The van der Waals surface area contributed by atoms with Crippen LogP contribution in [0.5, 0.6) is 5.75 Å². The van der Waals surface area contributed by atoms with Crippen LogP contribution in [0, 0.1) is 0 Å². The topological polar surface area (TPSA) is 51.1 Å². The first-order valence-electron chi connectivity index (χ1n) is 10.0. The lowest BCUT2D eigenvalue weighted by Gasteiger charge is -2.23. The fourth-order valence-electron chi connectivity index (χ4n) is 3.46. The van der Waals surface area contributed by atoms with Gasteiger partial charge in [0.1, 0.15) is 16.4 Å². The minimum absolute atomic E-state index is 0.278. The molecule has 0 fully saturated rings. The summed E-state index contributed by atoms with van der Waals surface area (Å²) in [6.07, 6.45) is 4.56. The summed E-state index contributed by atoms with van der Waals surface area (Å²) in [5.74, 6) is 1.75. The van der Waals surface area contributed by atoms with Gasteiger partial charge in [-0.1, -0.05) is 12.1 Å². The van der Waals surface area contributed by atoms with Crippen LogP contribution < -0.4 is 9.64 Å². The fraction of sp³-hybridized carbons (Fsp3) is 0.261. The van der Waals surface area contributed by atoms with E-state index >= 15 is 0 Å². The molecule has 0 aliphatic carbocycles. The number of rotatable bonds is 8. The molecule has 154 valence electrons. The molecule has 0 bridgehead atoms. The Morgan fingerprint density at radius 2 is 1.80 bits per heavy atom. The van der Waals surface area contributed by atoms with Crippen molar-refractivity contribution in [1.82, 2.24) is 15.0 Å². The maximum Gasteiger partial charge on any atom is 0.225 e. The number of likely N-dealkylation sites (N-methyl/N-ethyl adjacent to an activating group) is 1. The van der Waals surface area contributed by atoms with Gasteiger partial charge < -0.3 is 9.64 Å². The minimum Gasteiger partial charge on any atom is -0.494 e. The summed E-state index contributed by atoms with van der Waals surface area (Å²) >= 11 is 7.88. The SMILES string of the molecule is CCOc1ccc(-c2csc3nc(Cl)nc(N(CC)CCc4ccncc4)c23)cc1. The van der Waals surface area contributed by atoms with E-state index in [1.165, 1.54) is 5.56 Å². The Bertz CT molecular complexity index is 1120. The van der Waals surface area contributed by atoms with Gasteiger partial charge in [-0.25, -0.2) is 4.98 Å². The van der Waals surface area contributed by atoms with Gasteiger partial charge in [0, 0.05) is 36.4 Å². The van der Waals surface area contributed by atoms with E-state index in [2.05, 4.69) is 44.3 Å². The standard InChI is InChI=1S/C23H23ClN4OS/c1-3-28(14-11-16-9-12-25-13-10-16)21-20-19(15-30-22(20)27-23(24)26-21)17-5-7-18(8-6-17)29-4-2/h5-10,12-13,15H,3-4,11,14H2,1-2H3. The predicted octanol–water partition coefficient (Wildman–Crippen LogP) is 5.87. The van der Waals surface area contributed by atoms with Crippen LogP contribution in [0.4, 0.5) is 5.82 Å². The number of hydrogen-bond donors (Lipinski definition) is 0. The first-order valence-corrected chi connectivity index (χ1v) is 11.3. The molecular formula is C23H23ClN4OS. The van der Waals surface area contributed by atoms with Crippen molar-refractivity contribution < 1.29 is 4.74 Å². The molecule has 0 unspecified atom stereocenters. The molecule has 3 aromatic heterocycles. The number of fused-ring (bicyclic) bond motifs is 1. The van der Waals surface area contributed by atoms with Crippen LogP contribution in [0.15, 0.2) is 54.2 Å². The highest BCUT2D eigenvalue weighted by molar-refractivity contribution is 7.17. The maximum absolute atomic E-state index is 6.29. The lowest BCUT2D eigenvalue weighted by Crippen LogP contribution is -2.26. The van der Waals surface area contributed by atoms with Gasteiger partial charge in [0.2, 0.25) is 5.28 Å². The molecule has 30 heavy (non-hydrogen) atoms. The van der Waals surface area contributed by atoms with Gasteiger partial charge in [0.15, 0.2) is 0 Å². The summed E-state index contributed by atoms with van der Waals surface area (Å²) in [7, 11) is 0. The number of halogens is 1. The van der Waals surface area contributed by atoms with Gasteiger partial charge in [-0.05, 0) is 67.3 Å². The highest BCUT2D eigenvalue weighted by Crippen LogP contribution is 2.39. The highest BCUT2D eigenvalue weighted by atomic mass is 35.5. The van der Waals surface area contributed by atoms with Crippen molar-refractivity contribution in [1.29, 1.82) is 0 Å². The molecule has 0 aliphatic heterocycles. The number of benzene rings is 1. The lowest BCUT2D eigenvalue weighted by molar-refractivity contribution is 0.340. The largest absolute Gasteiger partial charge is 0.494 e. The second kappa shape index (κ2) is 9.41. The first-order chi connectivity index (χ1) is 14.7. The van der Waals surface area contributed by atoms with Gasteiger partial charge >= 0.3 is 0 Å². The monoisotopic (exact) mass is 438 g/mol. The molecule has 0 radical (unpaired) electrons. The van der Waals surface area contributed by atoms with Crippen molar-refractivity contribution in [2.75, 3.05) is 24.6 Å². The van der Waals surface area contributed by atoms with E-state index in [4.69, 9.17) is 16.3 Å². The smallest absolute Gasteiger partial charge is 0.225 e. The van der Waals surface area contributed by atoms with Gasteiger partial charge in [0.05, 0.1) is 12.0 Å². The minimum atomic E-state index is 0.278. The van der Waals surface area contributed by atoms with Crippen molar-refractivity contribution >= 4 is 39.0 Å². The average molecular weight is 439 g/mol. The second-order valence-electron chi connectivity index (χ2n) is 6.79. The highest BCUT2D eigenvalue weighted by Gasteiger charge is 2.19. The van der Waals surface area contributed by atoms with Crippen molar-refractivity contribution in [2.45, 2.75) is 20.3 Å². The first kappa shape index (κ1) is 20.6. The number of nitrogens with zero attached hydrogens (tertiary/aromatic N) is 4. The van der Waals surface area contributed by atoms with E-state index in [-0.39, 0.29) is 5.28 Å². The lowest BCUT2D eigenvalue weighted by atomic mass is 10.1. The fourth-order valence-corrected chi connectivity index (χ4v) is 4.62. The van der Waals surface area contributed by atoms with Crippen molar-refractivity contribution in [3.63, 3.8) is 0 Å². The van der Waals surface area contributed by atoms with Crippen molar-refractivity contribution in [3.8, 4) is 16.9 Å². The second-order valence-corrected chi connectivity index (χ2v) is 7.98. The third kappa shape index (κ3) is 4.40. The summed E-state index contributed by atoms with van der Waals surface area (Å²) in [4.78, 5) is 16.4. The van der Waals surface area contributed by atoms with E-state index in [1.807, 2.05) is 43.6 Å². The Balaban J connectivity index is 1.72. The summed E-state index contributed by atoms with van der Waals surface area (Å²) in [6.45, 7) is 6.43. The zero-order chi connectivity index (χ0) is 20.9. The third-order valence-corrected chi connectivity index (χ3v) is 6.01. The molecule has 0 saturated carbocycles. The third-order valence-electron chi connectivity index (χ3n) is 4.96. The van der Waals surface area contributed by atoms with Crippen LogP contribution in [0.3, 0.4) is 0 Å². The molecule has 0 atom stereocenters. The Morgan fingerprint density at radius 3 is 2.50 bits per heavy atom. The Hall–Kier alpha value is -2.70. The molecule has 0 amide bonds. The zero-order valence-corrected chi connectivity index (χ0v) is 18.6. The van der Waals surface area contributed by atoms with E-state index in [1.54, 1.807) is 11.3 Å². The van der Waals surface area contributed by atoms with Crippen LogP contribution in [-0.4, -0.2) is 34.6 Å². The quantitative estimate of drug-likeness (QED) is 0.322. The number of ether oxygens (including phenoxy) is 1. The number of thiophene rings is 1. The van der Waals surface area contributed by atoms with Gasteiger partial charge in [-0.3, -0.25) is 4.98 Å². The van der Waals surface area contributed by atoms with E-state index in [0.717, 1.165) is 52.4 Å². The van der Waals surface area contributed by atoms with E-state index in [0.29, 0.717) is 6.61 Å². The predicted molar refractivity (Wildman–Crippen MR) is 125 cm³/mol. The van der Waals surface area contributed by atoms with Crippen LogP contribution in [0.1, 0.15) is 19.4 Å². The zero-order valence-electron chi connectivity index (χ0n) is 17.0. The molecule has 3 heterocycles. The van der Waals surface area contributed by atoms with Crippen molar-refractivity contribution in [2.24, 2.45) is 0 Å². The van der Waals surface area contributed by atoms with Crippen LogP contribution in [0.25, 0.3) is 21.3 Å². The molecule has 0 saturated heterocycles.